The Kier molecular flexibility index (Phi) is 4.61. The highest BCUT2D eigenvalue weighted by Crippen LogP contribution is 2.45. The number of carbonyl (C=O) groups is 1. The third-order valence-electron chi connectivity index (χ3n) is 3.42. The Labute approximate surface area is 133 Å². The van der Waals surface area contributed by atoms with Gasteiger partial charge in [0.15, 0.2) is 17.2 Å². The van der Waals surface area contributed by atoms with Crippen molar-refractivity contribution < 1.29 is 19.4 Å². The Morgan fingerprint density at radius 3 is 2.50 bits per heavy atom. The minimum absolute atomic E-state index is 0.0588. The van der Waals surface area contributed by atoms with Crippen molar-refractivity contribution in [2.24, 2.45) is 7.05 Å². The highest BCUT2D eigenvalue weighted by molar-refractivity contribution is 6.34. The molecule has 0 aliphatic carbocycles. The van der Waals surface area contributed by atoms with Crippen LogP contribution in [0.3, 0.4) is 0 Å². The van der Waals surface area contributed by atoms with E-state index >= 15 is 0 Å². The van der Waals surface area contributed by atoms with Crippen molar-refractivity contribution in [1.29, 1.82) is 0 Å². The monoisotopic (exact) mass is 324 g/mol. The molecule has 7 heteroatoms. The number of aromatic carboxylic acids is 1. The van der Waals surface area contributed by atoms with Crippen LogP contribution >= 0.6 is 11.6 Å². The Bertz CT molecular complexity index is 725. The zero-order valence-electron chi connectivity index (χ0n) is 12.8. The SMILES string of the molecule is CCc1cc(OC)c(OC)c(-c2cc(C(=O)O)nn2C)c1Cl. The smallest absolute Gasteiger partial charge is 0.356 e. The molecule has 0 amide bonds. The van der Waals surface area contributed by atoms with Crippen molar-refractivity contribution in [3.05, 3.63) is 28.4 Å². The standard InChI is InChI=1S/C15H17ClN2O4/c1-5-8-6-11(21-3)14(22-4)12(13(8)16)10-7-9(15(19)20)17-18(10)2/h6-7H,5H2,1-4H3,(H,19,20). The Hall–Kier alpha value is -2.21. The van der Waals surface area contributed by atoms with Gasteiger partial charge in [0.1, 0.15) is 0 Å². The van der Waals surface area contributed by atoms with E-state index in [1.165, 1.54) is 17.9 Å². The average Bonchev–Trinajstić information content (AvgIpc) is 2.88. The van der Waals surface area contributed by atoms with Gasteiger partial charge < -0.3 is 14.6 Å². The van der Waals surface area contributed by atoms with Crippen LogP contribution in [0.4, 0.5) is 0 Å². The number of halogens is 1. The predicted octanol–water partition coefficient (Wildman–Crippen LogP) is 3.02. The number of methoxy groups -OCH3 is 2. The Morgan fingerprint density at radius 1 is 1.36 bits per heavy atom. The number of carboxylic acids is 1. The maximum Gasteiger partial charge on any atom is 0.356 e. The summed E-state index contributed by atoms with van der Waals surface area (Å²) in [5, 5.41) is 13.6. The molecule has 0 aliphatic rings. The van der Waals surface area contributed by atoms with Crippen LogP contribution in [0.5, 0.6) is 11.5 Å². The van der Waals surface area contributed by atoms with E-state index in [0.717, 1.165) is 5.56 Å². The van der Waals surface area contributed by atoms with E-state index in [1.54, 1.807) is 14.2 Å². The quantitative estimate of drug-likeness (QED) is 0.915. The molecule has 0 bridgehead atoms. The molecular formula is C15H17ClN2O4. The first-order valence-electron chi connectivity index (χ1n) is 6.65. The molecule has 0 unspecified atom stereocenters. The van der Waals surface area contributed by atoms with Gasteiger partial charge in [-0.2, -0.15) is 5.10 Å². The lowest BCUT2D eigenvalue weighted by atomic mass is 10.0. The maximum atomic E-state index is 11.1. The molecule has 0 spiro atoms. The minimum Gasteiger partial charge on any atom is -0.493 e. The lowest BCUT2D eigenvalue weighted by Gasteiger charge is -2.17. The molecule has 1 N–H and O–H groups in total. The van der Waals surface area contributed by atoms with Gasteiger partial charge in [0.25, 0.3) is 0 Å². The summed E-state index contributed by atoms with van der Waals surface area (Å²) < 4.78 is 12.3. The van der Waals surface area contributed by atoms with Crippen LogP contribution in [0, 0.1) is 0 Å². The molecule has 0 aliphatic heterocycles. The van der Waals surface area contributed by atoms with Gasteiger partial charge in [0.2, 0.25) is 0 Å². The van der Waals surface area contributed by atoms with Gasteiger partial charge in [-0.15, -0.1) is 0 Å². The van der Waals surface area contributed by atoms with E-state index in [0.29, 0.717) is 34.2 Å². The van der Waals surface area contributed by atoms with Gasteiger partial charge in [0, 0.05) is 7.05 Å². The first-order chi connectivity index (χ1) is 10.4. The van der Waals surface area contributed by atoms with Crippen molar-refractivity contribution in [2.75, 3.05) is 14.2 Å². The van der Waals surface area contributed by atoms with Crippen LogP contribution in [0.15, 0.2) is 12.1 Å². The highest BCUT2D eigenvalue weighted by atomic mass is 35.5. The normalized spacial score (nSPS) is 10.6. The molecule has 0 fully saturated rings. The van der Waals surface area contributed by atoms with E-state index in [4.69, 9.17) is 26.2 Å². The molecule has 0 saturated heterocycles. The number of nitrogens with zero attached hydrogens (tertiary/aromatic N) is 2. The summed E-state index contributed by atoms with van der Waals surface area (Å²) in [6, 6.07) is 3.28. The Morgan fingerprint density at radius 2 is 2.05 bits per heavy atom. The van der Waals surface area contributed by atoms with Crippen molar-refractivity contribution >= 4 is 17.6 Å². The highest BCUT2D eigenvalue weighted by Gasteiger charge is 2.23. The number of carboxylic acid groups (broad SMARTS) is 1. The van der Waals surface area contributed by atoms with E-state index in [-0.39, 0.29) is 5.69 Å². The summed E-state index contributed by atoms with van der Waals surface area (Å²) in [6.45, 7) is 1.98. The second-order valence-electron chi connectivity index (χ2n) is 4.66. The number of hydrogen-bond donors (Lipinski definition) is 1. The fourth-order valence-corrected chi connectivity index (χ4v) is 2.69. The van der Waals surface area contributed by atoms with Gasteiger partial charge in [-0.25, -0.2) is 4.79 Å². The van der Waals surface area contributed by atoms with E-state index in [9.17, 15) is 4.79 Å². The van der Waals surface area contributed by atoms with Crippen LogP contribution in [-0.2, 0) is 13.5 Å². The second kappa shape index (κ2) is 6.27. The minimum atomic E-state index is -1.10. The number of hydrogen-bond acceptors (Lipinski definition) is 4. The average molecular weight is 325 g/mol. The van der Waals surface area contributed by atoms with Crippen LogP contribution < -0.4 is 9.47 Å². The summed E-state index contributed by atoms with van der Waals surface area (Å²) in [5.41, 5.74) is 1.94. The molecule has 1 aromatic carbocycles. The number of rotatable bonds is 5. The van der Waals surface area contributed by atoms with E-state index in [1.807, 2.05) is 13.0 Å². The number of benzene rings is 1. The fraction of sp³-hybridized carbons (Fsp3) is 0.333. The molecule has 2 rings (SSSR count). The van der Waals surface area contributed by atoms with Crippen LogP contribution in [-0.4, -0.2) is 35.1 Å². The Balaban J connectivity index is 2.80. The van der Waals surface area contributed by atoms with Gasteiger partial charge >= 0.3 is 5.97 Å². The largest absolute Gasteiger partial charge is 0.493 e. The molecule has 0 saturated carbocycles. The molecular weight excluding hydrogens is 308 g/mol. The van der Waals surface area contributed by atoms with Gasteiger partial charge in [-0.05, 0) is 24.1 Å². The molecule has 0 radical (unpaired) electrons. The predicted molar refractivity (Wildman–Crippen MR) is 83.1 cm³/mol. The molecule has 0 atom stereocenters. The van der Waals surface area contributed by atoms with Crippen molar-refractivity contribution in [2.45, 2.75) is 13.3 Å². The third-order valence-corrected chi connectivity index (χ3v) is 3.85. The first-order valence-corrected chi connectivity index (χ1v) is 7.03. The summed E-state index contributed by atoms with van der Waals surface area (Å²) in [7, 11) is 4.71. The van der Waals surface area contributed by atoms with Crippen molar-refractivity contribution in [1.82, 2.24) is 9.78 Å². The molecule has 6 nitrogen and oxygen atoms in total. The molecule has 2 aromatic rings. The summed E-state index contributed by atoms with van der Waals surface area (Å²) in [6.07, 6.45) is 0.704. The lowest BCUT2D eigenvalue weighted by Crippen LogP contribution is -2.01. The summed E-state index contributed by atoms with van der Waals surface area (Å²) in [4.78, 5) is 11.1. The molecule has 1 heterocycles. The van der Waals surface area contributed by atoms with Crippen molar-refractivity contribution in [3.8, 4) is 22.8 Å². The summed E-state index contributed by atoms with van der Waals surface area (Å²) >= 11 is 6.49. The first kappa shape index (κ1) is 16.2. The van der Waals surface area contributed by atoms with Crippen LogP contribution in [0.25, 0.3) is 11.3 Å². The summed E-state index contributed by atoms with van der Waals surface area (Å²) in [5.74, 6) is -0.114. The van der Waals surface area contributed by atoms with Crippen molar-refractivity contribution in [3.63, 3.8) is 0 Å². The zero-order chi connectivity index (χ0) is 16.4. The molecule has 1 aromatic heterocycles. The van der Waals surface area contributed by atoms with E-state index < -0.39 is 5.97 Å². The fourth-order valence-electron chi connectivity index (χ4n) is 2.32. The third kappa shape index (κ3) is 2.62. The topological polar surface area (TPSA) is 73.6 Å². The number of aryl methyl sites for hydroxylation is 2. The van der Waals surface area contributed by atoms with Crippen LogP contribution in [0.2, 0.25) is 5.02 Å². The van der Waals surface area contributed by atoms with Crippen LogP contribution in [0.1, 0.15) is 23.0 Å². The number of aromatic nitrogens is 2. The lowest BCUT2D eigenvalue weighted by molar-refractivity contribution is 0.0689. The van der Waals surface area contributed by atoms with Gasteiger partial charge in [-0.3, -0.25) is 4.68 Å². The van der Waals surface area contributed by atoms with Gasteiger partial charge in [-0.1, -0.05) is 18.5 Å². The van der Waals surface area contributed by atoms with Gasteiger partial charge in [0.05, 0.1) is 30.5 Å². The second-order valence-corrected chi connectivity index (χ2v) is 5.04. The molecule has 22 heavy (non-hydrogen) atoms. The zero-order valence-corrected chi connectivity index (χ0v) is 13.6. The number of ether oxygens (including phenoxy) is 2. The maximum absolute atomic E-state index is 11.1. The molecule has 118 valence electrons. The van der Waals surface area contributed by atoms with E-state index in [2.05, 4.69) is 5.10 Å².